The topological polar surface area (TPSA) is 126 Å². The molecule has 3 aromatic heterocycles. The number of hydrogen-bond acceptors (Lipinski definition) is 10. The molecule has 0 atom stereocenters. The van der Waals surface area contributed by atoms with Crippen molar-refractivity contribution in [2.45, 2.75) is 6.18 Å². The summed E-state index contributed by atoms with van der Waals surface area (Å²) in [5, 5.41) is 13.6. The molecule has 0 saturated heterocycles. The molecule has 0 aliphatic rings. The first-order valence-corrected chi connectivity index (χ1v) is 14.0. The van der Waals surface area contributed by atoms with Gasteiger partial charge in [-0.3, -0.25) is 4.79 Å². The number of amides is 1. The zero-order valence-electron chi connectivity index (χ0n) is 25.8. The van der Waals surface area contributed by atoms with Gasteiger partial charge in [0.2, 0.25) is 11.9 Å². The summed E-state index contributed by atoms with van der Waals surface area (Å²) in [7, 11) is 9.18. The van der Waals surface area contributed by atoms with E-state index in [-0.39, 0.29) is 23.1 Å². The van der Waals surface area contributed by atoms with Crippen molar-refractivity contribution in [3.8, 4) is 28.5 Å². The largest absolute Gasteiger partial charge is 0.494 e. The van der Waals surface area contributed by atoms with E-state index in [0.717, 1.165) is 17.4 Å². The van der Waals surface area contributed by atoms with E-state index in [1.54, 1.807) is 12.1 Å². The van der Waals surface area contributed by atoms with E-state index in [1.165, 1.54) is 19.4 Å². The minimum Gasteiger partial charge on any atom is -0.494 e. The normalized spacial score (nSPS) is 11.6. The molecule has 5 aromatic rings. The Bertz CT molecular complexity index is 1900. The van der Waals surface area contributed by atoms with Crippen LogP contribution in [0.2, 0.25) is 0 Å². The molecule has 0 unspecified atom stereocenters. The van der Waals surface area contributed by atoms with Gasteiger partial charge in [0.15, 0.2) is 0 Å². The van der Waals surface area contributed by atoms with E-state index in [2.05, 4.69) is 32.4 Å². The number of anilines is 4. The fourth-order valence-corrected chi connectivity index (χ4v) is 4.81. The van der Waals surface area contributed by atoms with Crippen LogP contribution in [-0.4, -0.2) is 76.9 Å². The maximum atomic E-state index is 13.3. The Labute approximate surface area is 262 Å². The number of para-hydroxylation sites is 1. The number of alkyl halides is 3. The Hall–Kier alpha value is -5.44. The fourth-order valence-electron chi connectivity index (χ4n) is 4.81. The lowest BCUT2D eigenvalue weighted by Gasteiger charge is -2.26. The molecule has 46 heavy (non-hydrogen) atoms. The molecular formula is C31H32F3N9O3. The highest BCUT2D eigenvalue weighted by molar-refractivity contribution is 6.02. The monoisotopic (exact) mass is 635 g/mol. The van der Waals surface area contributed by atoms with Crippen LogP contribution < -0.4 is 20.3 Å². The minimum absolute atomic E-state index is 0.0928. The molecule has 0 bridgehead atoms. The second-order valence-corrected chi connectivity index (χ2v) is 10.6. The molecule has 0 aliphatic heterocycles. The Kier molecular flexibility index (Phi) is 8.96. The van der Waals surface area contributed by atoms with Gasteiger partial charge in [0.1, 0.15) is 5.75 Å². The highest BCUT2D eigenvalue weighted by Crippen LogP contribution is 2.40. The van der Waals surface area contributed by atoms with Crippen LogP contribution in [0, 0.1) is 0 Å². The third-order valence-electron chi connectivity index (χ3n) is 7.14. The third kappa shape index (κ3) is 6.63. The van der Waals surface area contributed by atoms with Gasteiger partial charge in [-0.1, -0.05) is 24.8 Å². The van der Waals surface area contributed by atoms with Crippen LogP contribution in [0.3, 0.4) is 0 Å². The summed E-state index contributed by atoms with van der Waals surface area (Å²) in [6, 6.07) is 11.0. The molecule has 2 N–H and O–H groups in total. The Balaban J connectivity index is 1.62. The second kappa shape index (κ2) is 12.9. The van der Waals surface area contributed by atoms with Crippen LogP contribution in [0.15, 0.2) is 65.9 Å². The Morgan fingerprint density at radius 2 is 1.87 bits per heavy atom. The number of nitrogens with one attached hydrogen (secondary N) is 2. The van der Waals surface area contributed by atoms with Gasteiger partial charge in [0.05, 0.1) is 35.4 Å². The predicted molar refractivity (Wildman–Crippen MR) is 169 cm³/mol. The number of ether oxygens (including phenoxy) is 1. The summed E-state index contributed by atoms with van der Waals surface area (Å²) in [6.45, 7) is 4.97. The zero-order chi connectivity index (χ0) is 33.2. The lowest BCUT2D eigenvalue weighted by molar-refractivity contribution is -0.157. The summed E-state index contributed by atoms with van der Waals surface area (Å²) in [5.41, 5.74) is 3.43. The van der Waals surface area contributed by atoms with Crippen molar-refractivity contribution in [1.82, 2.24) is 29.6 Å². The number of hydrogen-bond donors (Lipinski definition) is 2. The number of halogens is 3. The third-order valence-corrected chi connectivity index (χ3v) is 7.14. The lowest BCUT2D eigenvalue weighted by atomic mass is 10.1. The molecule has 0 spiro atoms. The fraction of sp³-hybridized carbons (Fsp3) is 0.258. The average Bonchev–Trinajstić information content (AvgIpc) is 3.65. The van der Waals surface area contributed by atoms with E-state index in [4.69, 9.17) is 14.1 Å². The first-order chi connectivity index (χ1) is 21.9. The van der Waals surface area contributed by atoms with Crippen LogP contribution in [0.1, 0.15) is 5.89 Å². The van der Waals surface area contributed by atoms with Crippen molar-refractivity contribution in [2.24, 2.45) is 7.05 Å². The molecular weight excluding hydrogens is 603 g/mol. The van der Waals surface area contributed by atoms with E-state index >= 15 is 0 Å². The number of likely N-dealkylation sites (N-methyl/N-ethyl adjacent to an activating group) is 2. The maximum absolute atomic E-state index is 13.3. The van der Waals surface area contributed by atoms with Gasteiger partial charge in [-0.25, -0.2) is 9.97 Å². The van der Waals surface area contributed by atoms with Crippen LogP contribution in [0.25, 0.3) is 33.6 Å². The molecule has 0 radical (unpaired) electrons. The van der Waals surface area contributed by atoms with Crippen LogP contribution in [-0.2, 0) is 18.0 Å². The number of rotatable bonds is 11. The van der Waals surface area contributed by atoms with Gasteiger partial charge in [-0.05, 0) is 32.3 Å². The number of nitrogens with zero attached hydrogens (tertiary/aromatic N) is 7. The van der Waals surface area contributed by atoms with E-state index in [0.29, 0.717) is 34.9 Å². The van der Waals surface area contributed by atoms with Gasteiger partial charge in [-0.2, -0.15) is 13.2 Å². The molecule has 0 aliphatic carbocycles. The number of fused-ring (bicyclic) bond motifs is 1. The van der Waals surface area contributed by atoms with Crippen molar-refractivity contribution in [1.29, 1.82) is 0 Å². The van der Waals surface area contributed by atoms with Gasteiger partial charge < -0.3 is 34.2 Å². The van der Waals surface area contributed by atoms with Crippen LogP contribution in [0.5, 0.6) is 5.75 Å². The SMILES string of the molecule is C=CC(=O)Nc1cc(Nc2ncc(-c3nnc(C(F)(F)F)o3)c(-c3cn(C)c4ccccc34)n2)c(OC)cc1N(C)CCN(C)C. The van der Waals surface area contributed by atoms with Gasteiger partial charge in [0, 0.05) is 62.1 Å². The molecule has 5 rings (SSSR count). The van der Waals surface area contributed by atoms with Crippen molar-refractivity contribution in [2.75, 3.05) is 56.9 Å². The Morgan fingerprint density at radius 3 is 2.54 bits per heavy atom. The standard InChI is InChI=1S/C31H32F3N9O3/c1-7-26(44)36-21-14-22(25(45-6)15-24(21)42(4)13-12-41(2)3)37-30-35-16-19(28-39-40-29(46-28)31(32,33)34)27(38-30)20-17-43(5)23-11-9-8-10-18(20)23/h7-11,14-17H,1,12-13H2,2-6H3,(H,36,44)(H,35,37,38). The summed E-state index contributed by atoms with van der Waals surface area (Å²) in [5.74, 6) is -1.76. The Morgan fingerprint density at radius 1 is 1.11 bits per heavy atom. The summed E-state index contributed by atoms with van der Waals surface area (Å²) in [4.78, 5) is 25.5. The first kappa shape index (κ1) is 32.0. The van der Waals surface area contributed by atoms with Crippen molar-refractivity contribution >= 4 is 39.8 Å². The maximum Gasteiger partial charge on any atom is 0.470 e. The van der Waals surface area contributed by atoms with Crippen molar-refractivity contribution in [3.63, 3.8) is 0 Å². The van der Waals surface area contributed by atoms with E-state index in [9.17, 15) is 18.0 Å². The van der Waals surface area contributed by atoms with Crippen LogP contribution in [0.4, 0.5) is 36.2 Å². The molecule has 240 valence electrons. The van der Waals surface area contributed by atoms with Gasteiger partial charge in [-0.15, -0.1) is 10.2 Å². The molecule has 0 saturated carbocycles. The highest BCUT2D eigenvalue weighted by Gasteiger charge is 2.38. The van der Waals surface area contributed by atoms with Crippen molar-refractivity contribution < 1.29 is 27.1 Å². The number of aryl methyl sites for hydroxylation is 1. The zero-order valence-corrected chi connectivity index (χ0v) is 25.8. The molecule has 0 fully saturated rings. The second-order valence-electron chi connectivity index (χ2n) is 10.6. The number of carbonyl (C=O) groups excluding carboxylic acids is 1. The van der Waals surface area contributed by atoms with E-state index < -0.39 is 18.0 Å². The van der Waals surface area contributed by atoms with Gasteiger partial charge in [0.25, 0.3) is 5.89 Å². The molecule has 1 amide bonds. The smallest absolute Gasteiger partial charge is 0.470 e. The van der Waals surface area contributed by atoms with E-state index in [1.807, 2.05) is 73.0 Å². The quantitative estimate of drug-likeness (QED) is 0.178. The lowest BCUT2D eigenvalue weighted by Crippen LogP contribution is -2.29. The molecule has 3 heterocycles. The summed E-state index contributed by atoms with van der Waals surface area (Å²) < 4.78 is 52.6. The number of benzene rings is 2. The van der Waals surface area contributed by atoms with Crippen molar-refractivity contribution in [3.05, 3.63) is 67.3 Å². The average molecular weight is 636 g/mol. The van der Waals surface area contributed by atoms with Gasteiger partial charge >= 0.3 is 12.1 Å². The number of aromatic nitrogens is 5. The molecule has 12 nitrogen and oxygen atoms in total. The predicted octanol–water partition coefficient (Wildman–Crippen LogP) is 5.58. The first-order valence-electron chi connectivity index (χ1n) is 14.0. The molecule has 2 aromatic carbocycles. The molecule has 15 heteroatoms. The number of methoxy groups -OCH3 is 1. The summed E-state index contributed by atoms with van der Waals surface area (Å²) >= 11 is 0. The van der Waals surface area contributed by atoms with Crippen LogP contribution >= 0.6 is 0 Å². The summed E-state index contributed by atoms with van der Waals surface area (Å²) in [6.07, 6.45) is -0.532. The highest BCUT2D eigenvalue weighted by atomic mass is 19.4. The minimum atomic E-state index is -4.82. The number of carbonyl (C=O) groups is 1.